The van der Waals surface area contributed by atoms with E-state index in [1.807, 2.05) is 45.0 Å². The predicted octanol–water partition coefficient (Wildman–Crippen LogP) is 4.40. The van der Waals surface area contributed by atoms with Gasteiger partial charge in [-0.3, -0.25) is 9.69 Å². The summed E-state index contributed by atoms with van der Waals surface area (Å²) in [6.07, 6.45) is 0. The second-order valence-corrected chi connectivity index (χ2v) is 7.23. The Bertz CT molecular complexity index is 1010. The predicted molar refractivity (Wildman–Crippen MR) is 109 cm³/mol. The molecule has 1 aromatic heterocycles. The molecular formula is C22H24F2N4O. The second-order valence-electron chi connectivity index (χ2n) is 7.23. The molecule has 0 spiro atoms. The zero-order chi connectivity index (χ0) is 21.1. The standard InChI is InChI=1S/C22H24F2N4O/c1-14-5-8-18(9-6-14)28-21(11-15(2)26-28)25-22(29)13-27(4)16(3)17-7-10-19(23)20(24)12-17/h5-12,16H,13H2,1-4H3,(H,25,29). The maximum Gasteiger partial charge on any atom is 0.239 e. The summed E-state index contributed by atoms with van der Waals surface area (Å²) in [5.74, 6) is -1.44. The molecule has 0 saturated heterocycles. The molecule has 0 saturated carbocycles. The molecule has 0 bridgehead atoms. The summed E-state index contributed by atoms with van der Waals surface area (Å²) in [4.78, 5) is 14.4. The molecule has 2 aromatic carbocycles. The maximum atomic E-state index is 13.5. The number of nitrogens with zero attached hydrogens (tertiary/aromatic N) is 3. The Morgan fingerprint density at radius 2 is 1.79 bits per heavy atom. The number of carbonyl (C=O) groups excluding carboxylic acids is 1. The zero-order valence-corrected chi connectivity index (χ0v) is 16.9. The van der Waals surface area contributed by atoms with Gasteiger partial charge in [0.25, 0.3) is 0 Å². The average molecular weight is 398 g/mol. The summed E-state index contributed by atoms with van der Waals surface area (Å²) in [5, 5.41) is 7.34. The Labute approximate surface area is 169 Å². The highest BCUT2D eigenvalue weighted by Gasteiger charge is 2.18. The first-order chi connectivity index (χ1) is 13.7. The van der Waals surface area contributed by atoms with Crippen LogP contribution < -0.4 is 5.32 Å². The number of rotatable bonds is 6. The molecule has 0 aliphatic carbocycles. The monoisotopic (exact) mass is 398 g/mol. The first-order valence-corrected chi connectivity index (χ1v) is 9.33. The number of hydrogen-bond acceptors (Lipinski definition) is 3. The SMILES string of the molecule is Cc1ccc(-n2nc(C)cc2NC(=O)CN(C)C(C)c2ccc(F)c(F)c2)cc1. The third-order valence-electron chi connectivity index (χ3n) is 4.86. The fraction of sp³-hybridized carbons (Fsp3) is 0.273. The van der Waals surface area contributed by atoms with Crippen molar-refractivity contribution in [3.8, 4) is 5.69 Å². The van der Waals surface area contributed by atoms with Crippen LogP contribution in [0.4, 0.5) is 14.6 Å². The van der Waals surface area contributed by atoms with Crippen molar-refractivity contribution in [1.82, 2.24) is 14.7 Å². The van der Waals surface area contributed by atoms with Crippen LogP contribution in [0.15, 0.2) is 48.5 Å². The van der Waals surface area contributed by atoms with E-state index in [0.717, 1.165) is 29.1 Å². The first kappa shape index (κ1) is 20.7. The molecule has 1 unspecified atom stereocenters. The van der Waals surface area contributed by atoms with Gasteiger partial charge in [0, 0.05) is 12.1 Å². The van der Waals surface area contributed by atoms with E-state index in [4.69, 9.17) is 0 Å². The smallest absolute Gasteiger partial charge is 0.239 e. The highest BCUT2D eigenvalue weighted by atomic mass is 19.2. The van der Waals surface area contributed by atoms with Gasteiger partial charge in [-0.2, -0.15) is 5.10 Å². The van der Waals surface area contributed by atoms with Crippen LogP contribution in [0.1, 0.15) is 29.8 Å². The van der Waals surface area contributed by atoms with Gasteiger partial charge < -0.3 is 5.32 Å². The Hall–Kier alpha value is -3.06. The Morgan fingerprint density at radius 3 is 2.45 bits per heavy atom. The molecule has 1 N–H and O–H groups in total. The second kappa shape index (κ2) is 8.53. The summed E-state index contributed by atoms with van der Waals surface area (Å²) in [5.41, 5.74) is 3.36. The van der Waals surface area contributed by atoms with E-state index in [9.17, 15) is 13.6 Å². The van der Waals surface area contributed by atoms with Gasteiger partial charge >= 0.3 is 0 Å². The first-order valence-electron chi connectivity index (χ1n) is 9.33. The van der Waals surface area contributed by atoms with Crippen molar-refractivity contribution in [2.75, 3.05) is 18.9 Å². The van der Waals surface area contributed by atoms with Crippen LogP contribution in [0.25, 0.3) is 5.69 Å². The zero-order valence-electron chi connectivity index (χ0n) is 16.9. The molecule has 5 nitrogen and oxygen atoms in total. The Balaban J connectivity index is 1.70. The highest BCUT2D eigenvalue weighted by Crippen LogP contribution is 2.21. The fourth-order valence-electron chi connectivity index (χ4n) is 3.04. The van der Waals surface area contributed by atoms with Gasteiger partial charge in [-0.15, -0.1) is 0 Å². The van der Waals surface area contributed by atoms with Crippen molar-refractivity contribution in [2.45, 2.75) is 26.8 Å². The van der Waals surface area contributed by atoms with Crippen molar-refractivity contribution >= 4 is 11.7 Å². The summed E-state index contributed by atoms with van der Waals surface area (Å²) < 4.78 is 28.3. The van der Waals surface area contributed by atoms with E-state index in [0.29, 0.717) is 11.4 Å². The van der Waals surface area contributed by atoms with E-state index >= 15 is 0 Å². The number of halogens is 2. The lowest BCUT2D eigenvalue weighted by atomic mass is 10.1. The lowest BCUT2D eigenvalue weighted by molar-refractivity contribution is -0.117. The number of benzene rings is 2. The number of anilines is 1. The molecule has 3 rings (SSSR count). The normalized spacial score (nSPS) is 12.2. The Morgan fingerprint density at radius 1 is 1.10 bits per heavy atom. The van der Waals surface area contributed by atoms with Gasteiger partial charge in [0.2, 0.25) is 5.91 Å². The largest absolute Gasteiger partial charge is 0.309 e. The molecule has 7 heteroatoms. The van der Waals surface area contributed by atoms with E-state index in [2.05, 4.69) is 10.4 Å². The van der Waals surface area contributed by atoms with Crippen molar-refractivity contribution in [3.63, 3.8) is 0 Å². The summed E-state index contributed by atoms with van der Waals surface area (Å²) in [7, 11) is 1.76. The maximum absolute atomic E-state index is 13.5. The average Bonchev–Trinajstić information content (AvgIpc) is 3.03. The quantitative estimate of drug-likeness (QED) is 0.670. The van der Waals surface area contributed by atoms with Gasteiger partial charge in [0.05, 0.1) is 17.9 Å². The summed E-state index contributed by atoms with van der Waals surface area (Å²) in [6, 6.07) is 13.2. The van der Waals surface area contributed by atoms with Crippen LogP contribution >= 0.6 is 0 Å². The molecule has 0 radical (unpaired) electrons. The van der Waals surface area contributed by atoms with Gasteiger partial charge in [-0.1, -0.05) is 23.8 Å². The van der Waals surface area contributed by atoms with Crippen molar-refractivity contribution in [1.29, 1.82) is 0 Å². The van der Waals surface area contributed by atoms with Crippen LogP contribution in [0.2, 0.25) is 0 Å². The molecule has 152 valence electrons. The van der Waals surface area contributed by atoms with E-state index in [-0.39, 0.29) is 18.5 Å². The summed E-state index contributed by atoms with van der Waals surface area (Å²) in [6.45, 7) is 5.78. The molecule has 0 aliphatic heterocycles. The molecule has 0 aliphatic rings. The molecule has 3 aromatic rings. The number of carbonyl (C=O) groups is 1. The lowest BCUT2D eigenvalue weighted by Gasteiger charge is -2.24. The van der Waals surface area contributed by atoms with E-state index in [1.54, 1.807) is 22.7 Å². The van der Waals surface area contributed by atoms with Gasteiger partial charge in [0.1, 0.15) is 5.82 Å². The van der Waals surface area contributed by atoms with Gasteiger partial charge in [0.15, 0.2) is 11.6 Å². The minimum atomic E-state index is -0.898. The number of aromatic nitrogens is 2. The summed E-state index contributed by atoms with van der Waals surface area (Å²) >= 11 is 0. The number of aryl methyl sites for hydroxylation is 2. The van der Waals surface area contributed by atoms with Gasteiger partial charge in [-0.05, 0) is 57.6 Å². The number of nitrogens with one attached hydrogen (secondary N) is 1. The minimum absolute atomic E-state index is 0.0816. The molecule has 0 fully saturated rings. The molecule has 1 heterocycles. The molecule has 1 atom stereocenters. The van der Waals surface area contributed by atoms with Crippen LogP contribution in [0, 0.1) is 25.5 Å². The van der Waals surface area contributed by atoms with Gasteiger partial charge in [-0.25, -0.2) is 13.5 Å². The molecule has 1 amide bonds. The topological polar surface area (TPSA) is 50.2 Å². The minimum Gasteiger partial charge on any atom is -0.309 e. The van der Waals surface area contributed by atoms with Crippen LogP contribution in [0.3, 0.4) is 0 Å². The lowest BCUT2D eigenvalue weighted by Crippen LogP contribution is -2.32. The van der Waals surface area contributed by atoms with Crippen molar-refractivity contribution in [3.05, 3.63) is 77.0 Å². The third-order valence-corrected chi connectivity index (χ3v) is 4.86. The fourth-order valence-corrected chi connectivity index (χ4v) is 3.04. The number of hydrogen-bond donors (Lipinski definition) is 1. The third kappa shape index (κ3) is 4.86. The van der Waals surface area contributed by atoms with Crippen LogP contribution in [-0.2, 0) is 4.79 Å². The Kier molecular flexibility index (Phi) is 6.08. The molecular weight excluding hydrogens is 374 g/mol. The van der Waals surface area contributed by atoms with Crippen molar-refractivity contribution in [2.24, 2.45) is 0 Å². The van der Waals surface area contributed by atoms with E-state index in [1.165, 1.54) is 6.07 Å². The van der Waals surface area contributed by atoms with E-state index < -0.39 is 11.6 Å². The highest BCUT2D eigenvalue weighted by molar-refractivity contribution is 5.91. The number of amides is 1. The number of likely N-dealkylation sites (N-methyl/N-ethyl adjacent to an activating group) is 1. The van der Waals surface area contributed by atoms with Crippen LogP contribution in [0.5, 0.6) is 0 Å². The van der Waals surface area contributed by atoms with Crippen LogP contribution in [-0.4, -0.2) is 34.2 Å². The molecule has 29 heavy (non-hydrogen) atoms. The van der Waals surface area contributed by atoms with Crippen molar-refractivity contribution < 1.29 is 13.6 Å².